The predicted octanol–water partition coefficient (Wildman–Crippen LogP) is 4.12. The van der Waals surface area contributed by atoms with Gasteiger partial charge in [-0.3, -0.25) is 4.79 Å². The summed E-state index contributed by atoms with van der Waals surface area (Å²) in [4.78, 5) is 25.0. The van der Waals surface area contributed by atoms with Gasteiger partial charge in [-0.1, -0.05) is 48.0 Å². The van der Waals surface area contributed by atoms with Crippen LogP contribution in [0, 0.1) is 6.92 Å². The zero-order valence-electron chi connectivity index (χ0n) is 15.9. The van der Waals surface area contributed by atoms with Gasteiger partial charge in [-0.05, 0) is 36.8 Å². The van der Waals surface area contributed by atoms with Crippen molar-refractivity contribution >= 4 is 17.6 Å². The Morgan fingerprint density at radius 2 is 1.83 bits per heavy atom. The Hall–Kier alpha value is -3.67. The number of esters is 1. The molecule has 0 spiro atoms. The quantitative estimate of drug-likeness (QED) is 0.616. The summed E-state index contributed by atoms with van der Waals surface area (Å²) in [5, 5.41) is 5.88. The molecule has 1 aromatic heterocycles. The summed E-state index contributed by atoms with van der Waals surface area (Å²) >= 11 is 0. The maximum absolute atomic E-state index is 12.8. The number of rotatable bonds is 5. The molecule has 0 aliphatic carbocycles. The van der Waals surface area contributed by atoms with Gasteiger partial charge in [0, 0.05) is 6.42 Å². The third-order valence-electron chi connectivity index (χ3n) is 4.76. The molecule has 3 aromatic rings. The lowest BCUT2D eigenvalue weighted by atomic mass is 10.0. The minimum atomic E-state index is -0.546. The van der Waals surface area contributed by atoms with Crippen molar-refractivity contribution in [1.82, 2.24) is 5.01 Å². The predicted molar refractivity (Wildman–Crippen MR) is 107 cm³/mol. The Labute approximate surface area is 168 Å². The van der Waals surface area contributed by atoms with Gasteiger partial charge in [-0.2, -0.15) is 5.10 Å². The van der Waals surface area contributed by atoms with Crippen LogP contribution >= 0.6 is 0 Å². The molecular weight excluding hydrogens is 368 g/mol. The van der Waals surface area contributed by atoms with Crippen LogP contribution in [-0.4, -0.2) is 29.2 Å². The molecule has 6 heteroatoms. The second-order valence-electron chi connectivity index (χ2n) is 6.83. The number of hydrazone groups is 1. The van der Waals surface area contributed by atoms with Crippen LogP contribution in [0.2, 0.25) is 0 Å². The van der Waals surface area contributed by atoms with E-state index in [1.807, 2.05) is 37.3 Å². The largest absolute Gasteiger partial charge is 0.467 e. The molecule has 1 atom stereocenters. The number of amides is 1. The first-order valence-electron chi connectivity index (χ1n) is 9.34. The molecule has 2 aromatic carbocycles. The zero-order chi connectivity index (χ0) is 20.2. The smallest absolute Gasteiger partial charge is 0.338 e. The van der Waals surface area contributed by atoms with Gasteiger partial charge in [0.1, 0.15) is 11.8 Å². The van der Waals surface area contributed by atoms with Crippen molar-refractivity contribution < 1.29 is 18.7 Å². The molecule has 2 heterocycles. The zero-order valence-corrected chi connectivity index (χ0v) is 15.9. The van der Waals surface area contributed by atoms with Crippen LogP contribution in [-0.2, 0) is 9.53 Å². The van der Waals surface area contributed by atoms with E-state index in [1.54, 1.807) is 42.7 Å². The van der Waals surface area contributed by atoms with Gasteiger partial charge < -0.3 is 9.15 Å². The fourth-order valence-electron chi connectivity index (χ4n) is 3.21. The fraction of sp³-hybridized carbons (Fsp3) is 0.174. The van der Waals surface area contributed by atoms with Gasteiger partial charge in [-0.25, -0.2) is 9.80 Å². The first-order chi connectivity index (χ1) is 14.1. The molecule has 146 valence electrons. The first-order valence-corrected chi connectivity index (χ1v) is 9.34. The number of carbonyl (C=O) groups is 2. The highest BCUT2D eigenvalue weighted by Crippen LogP contribution is 2.33. The van der Waals surface area contributed by atoms with Gasteiger partial charge in [-0.15, -0.1) is 0 Å². The van der Waals surface area contributed by atoms with E-state index >= 15 is 0 Å². The monoisotopic (exact) mass is 388 g/mol. The van der Waals surface area contributed by atoms with Crippen LogP contribution in [0.3, 0.4) is 0 Å². The molecule has 0 saturated heterocycles. The van der Waals surface area contributed by atoms with Crippen molar-refractivity contribution in [2.45, 2.75) is 19.4 Å². The topological polar surface area (TPSA) is 72.1 Å². The van der Waals surface area contributed by atoms with E-state index < -0.39 is 18.5 Å². The third-order valence-corrected chi connectivity index (χ3v) is 4.76. The summed E-state index contributed by atoms with van der Waals surface area (Å²) in [6.45, 7) is 1.62. The summed E-state index contributed by atoms with van der Waals surface area (Å²) in [5.74, 6) is -0.313. The van der Waals surface area contributed by atoms with E-state index in [0.717, 1.165) is 16.8 Å². The number of hydrogen-bond acceptors (Lipinski definition) is 5. The van der Waals surface area contributed by atoms with E-state index in [9.17, 15) is 9.59 Å². The van der Waals surface area contributed by atoms with Crippen LogP contribution in [0.4, 0.5) is 0 Å². The van der Waals surface area contributed by atoms with Crippen LogP contribution in [0.5, 0.6) is 0 Å². The average molecular weight is 388 g/mol. The van der Waals surface area contributed by atoms with E-state index in [1.165, 1.54) is 5.01 Å². The fourth-order valence-corrected chi connectivity index (χ4v) is 3.21. The molecule has 29 heavy (non-hydrogen) atoms. The van der Waals surface area contributed by atoms with Crippen molar-refractivity contribution in [3.8, 4) is 0 Å². The molecule has 1 aliphatic heterocycles. The molecule has 1 aliphatic rings. The minimum Gasteiger partial charge on any atom is -0.467 e. The maximum Gasteiger partial charge on any atom is 0.338 e. The second-order valence-corrected chi connectivity index (χ2v) is 6.83. The molecule has 0 unspecified atom stereocenters. The van der Waals surface area contributed by atoms with E-state index in [0.29, 0.717) is 17.7 Å². The maximum atomic E-state index is 12.8. The SMILES string of the molecule is Cc1ccc(C2=NN(C(=O)COC(=O)c3ccccc3)[C@@H](c3ccco3)C2)cc1. The van der Waals surface area contributed by atoms with E-state index in [4.69, 9.17) is 9.15 Å². The first kappa shape index (κ1) is 18.7. The lowest BCUT2D eigenvalue weighted by Gasteiger charge is -2.19. The lowest BCUT2D eigenvalue weighted by Crippen LogP contribution is -2.31. The standard InChI is InChI=1S/C23H20N2O4/c1-16-9-11-17(12-10-16)19-14-20(21-8-5-13-28-21)25(24-19)22(26)15-29-23(27)18-6-3-2-4-7-18/h2-13,20H,14-15H2,1H3/t20-/m1/s1. The molecule has 6 nitrogen and oxygen atoms in total. The van der Waals surface area contributed by atoms with Crippen molar-refractivity contribution in [3.05, 3.63) is 95.4 Å². The Morgan fingerprint density at radius 3 is 2.52 bits per heavy atom. The van der Waals surface area contributed by atoms with Gasteiger partial charge in [0.25, 0.3) is 5.91 Å². The van der Waals surface area contributed by atoms with Gasteiger partial charge in [0.2, 0.25) is 0 Å². The number of aryl methyl sites for hydroxylation is 1. The van der Waals surface area contributed by atoms with Crippen molar-refractivity contribution in [2.75, 3.05) is 6.61 Å². The lowest BCUT2D eigenvalue weighted by molar-refractivity contribution is -0.136. The van der Waals surface area contributed by atoms with E-state index in [-0.39, 0.29) is 6.04 Å². The normalized spacial score (nSPS) is 15.8. The van der Waals surface area contributed by atoms with E-state index in [2.05, 4.69) is 5.10 Å². The Morgan fingerprint density at radius 1 is 1.07 bits per heavy atom. The summed E-state index contributed by atoms with van der Waals surface area (Å²) < 4.78 is 10.7. The van der Waals surface area contributed by atoms with Crippen molar-refractivity contribution in [1.29, 1.82) is 0 Å². The summed E-state index contributed by atoms with van der Waals surface area (Å²) in [5.41, 5.74) is 3.28. The number of nitrogens with zero attached hydrogens (tertiary/aromatic N) is 2. The highest BCUT2D eigenvalue weighted by Gasteiger charge is 2.35. The summed E-state index contributed by atoms with van der Waals surface area (Å²) in [6.07, 6.45) is 2.09. The van der Waals surface area contributed by atoms with Crippen LogP contribution < -0.4 is 0 Å². The molecule has 0 radical (unpaired) electrons. The molecule has 0 N–H and O–H groups in total. The number of carbonyl (C=O) groups excluding carboxylic acids is 2. The van der Waals surface area contributed by atoms with Crippen LogP contribution in [0.1, 0.15) is 39.7 Å². The number of furan rings is 1. The molecule has 0 saturated carbocycles. The molecule has 4 rings (SSSR count). The molecular formula is C23H20N2O4. The minimum absolute atomic E-state index is 0.371. The van der Waals surface area contributed by atoms with Crippen LogP contribution in [0.25, 0.3) is 0 Å². The average Bonchev–Trinajstić information content (AvgIpc) is 3.43. The van der Waals surface area contributed by atoms with Gasteiger partial charge in [0.05, 0.1) is 17.5 Å². The molecule has 1 amide bonds. The second kappa shape index (κ2) is 8.14. The van der Waals surface area contributed by atoms with Crippen LogP contribution in [0.15, 0.2) is 82.5 Å². The van der Waals surface area contributed by atoms with Gasteiger partial charge >= 0.3 is 5.97 Å². The molecule has 0 bridgehead atoms. The Balaban J connectivity index is 1.52. The number of ether oxygens (including phenoxy) is 1. The Kier molecular flexibility index (Phi) is 5.24. The summed E-state index contributed by atoms with van der Waals surface area (Å²) in [7, 11) is 0. The highest BCUT2D eigenvalue weighted by molar-refractivity contribution is 6.03. The molecule has 0 fully saturated rings. The third kappa shape index (κ3) is 4.11. The Bertz CT molecular complexity index is 1020. The van der Waals surface area contributed by atoms with Crippen molar-refractivity contribution in [2.24, 2.45) is 5.10 Å². The summed E-state index contributed by atoms with van der Waals surface area (Å²) in [6, 6.07) is 19.8. The highest BCUT2D eigenvalue weighted by atomic mass is 16.5. The van der Waals surface area contributed by atoms with Gasteiger partial charge in [0.15, 0.2) is 6.61 Å². The number of benzene rings is 2. The van der Waals surface area contributed by atoms with Crippen molar-refractivity contribution in [3.63, 3.8) is 0 Å². The number of hydrogen-bond donors (Lipinski definition) is 0.